The first kappa shape index (κ1) is 38.8. The molecule has 51 heavy (non-hydrogen) atoms. The molecule has 0 saturated carbocycles. The number of hydrogen-bond acceptors (Lipinski definition) is 10. The monoisotopic (exact) mass is 711 g/mol. The highest BCUT2D eigenvalue weighted by Gasteiger charge is 2.36. The number of nitrogens with zero attached hydrogens (tertiary/aromatic N) is 5. The molecule has 0 N–H and O–H groups in total. The summed E-state index contributed by atoms with van der Waals surface area (Å²) in [7, 11) is 0. The fourth-order valence-electron chi connectivity index (χ4n) is 4.98. The lowest BCUT2D eigenvalue weighted by Gasteiger charge is -2.36. The number of pyridine rings is 2. The Bertz CT molecular complexity index is 1700. The Morgan fingerprint density at radius 1 is 0.745 bits per heavy atom. The molecule has 3 amide bonds. The molecule has 0 spiro atoms. The predicted octanol–water partition coefficient (Wildman–Crippen LogP) is 8.30. The Morgan fingerprint density at radius 3 is 1.84 bits per heavy atom. The first-order valence-corrected chi connectivity index (χ1v) is 16.7. The van der Waals surface area contributed by atoms with Gasteiger partial charge in [0.15, 0.2) is 11.6 Å². The summed E-state index contributed by atoms with van der Waals surface area (Å²) in [4.78, 5) is 52.9. The molecule has 0 radical (unpaired) electrons. The van der Waals surface area contributed by atoms with Gasteiger partial charge in [-0.25, -0.2) is 33.1 Å². The van der Waals surface area contributed by atoms with E-state index in [-0.39, 0.29) is 23.2 Å². The molecule has 1 aliphatic heterocycles. The van der Waals surface area contributed by atoms with E-state index in [9.17, 15) is 23.2 Å². The van der Waals surface area contributed by atoms with Crippen LogP contribution in [0.25, 0.3) is 11.1 Å². The largest absolute Gasteiger partial charge is 0.482 e. The van der Waals surface area contributed by atoms with Crippen LogP contribution in [-0.4, -0.2) is 76.1 Å². The number of carbonyl (C=O) groups is 3. The Morgan fingerprint density at radius 2 is 1.31 bits per heavy atom. The molecule has 276 valence electrons. The molecule has 1 fully saturated rings. The highest BCUT2D eigenvalue weighted by atomic mass is 19.1. The molecule has 2 aromatic heterocycles. The molecule has 1 saturated heterocycles. The van der Waals surface area contributed by atoms with E-state index in [4.69, 9.17) is 18.9 Å². The van der Waals surface area contributed by atoms with Crippen molar-refractivity contribution in [3.63, 3.8) is 0 Å². The van der Waals surface area contributed by atoms with Crippen LogP contribution in [0, 0.1) is 11.6 Å². The summed E-state index contributed by atoms with van der Waals surface area (Å²) in [6.45, 7) is 18.9. The van der Waals surface area contributed by atoms with E-state index in [0.29, 0.717) is 48.0 Å². The summed E-state index contributed by atoms with van der Waals surface area (Å²) in [5.41, 5.74) is -1.56. The summed E-state index contributed by atoms with van der Waals surface area (Å²) in [6.07, 6.45) is -0.548. The quantitative estimate of drug-likeness (QED) is 0.231. The minimum absolute atomic E-state index is 0.0924. The van der Waals surface area contributed by atoms with E-state index in [0.717, 1.165) is 18.2 Å². The van der Waals surface area contributed by atoms with Gasteiger partial charge in [0.05, 0.1) is 0 Å². The van der Waals surface area contributed by atoms with Gasteiger partial charge in [0.1, 0.15) is 40.4 Å². The molecule has 12 nitrogen and oxygen atoms in total. The van der Waals surface area contributed by atoms with Crippen molar-refractivity contribution in [1.82, 2.24) is 14.9 Å². The number of imide groups is 1. The zero-order valence-corrected chi connectivity index (χ0v) is 30.9. The van der Waals surface area contributed by atoms with Crippen LogP contribution in [0.5, 0.6) is 5.75 Å². The van der Waals surface area contributed by atoms with Gasteiger partial charge >= 0.3 is 18.3 Å². The number of halogens is 2. The molecular formula is C37H47F2N5O7. The Kier molecular flexibility index (Phi) is 11.5. The summed E-state index contributed by atoms with van der Waals surface area (Å²) < 4.78 is 51.7. The zero-order valence-electron chi connectivity index (χ0n) is 30.9. The Balaban J connectivity index is 1.68. The first-order valence-electron chi connectivity index (χ1n) is 16.7. The van der Waals surface area contributed by atoms with Crippen molar-refractivity contribution in [2.75, 3.05) is 36.0 Å². The summed E-state index contributed by atoms with van der Waals surface area (Å²) in [5, 5.41) is 0. The number of ether oxygens (including phenoxy) is 4. The second-order valence-corrected chi connectivity index (χ2v) is 15.1. The van der Waals surface area contributed by atoms with Gasteiger partial charge in [-0.2, -0.15) is 4.90 Å². The van der Waals surface area contributed by atoms with Crippen LogP contribution in [0.2, 0.25) is 0 Å². The van der Waals surface area contributed by atoms with E-state index in [2.05, 4.69) is 14.9 Å². The number of aromatic nitrogens is 2. The van der Waals surface area contributed by atoms with Gasteiger partial charge < -0.3 is 28.7 Å². The molecular weight excluding hydrogens is 664 g/mol. The van der Waals surface area contributed by atoms with E-state index in [1.165, 1.54) is 19.2 Å². The third kappa shape index (κ3) is 10.7. The fourth-order valence-corrected chi connectivity index (χ4v) is 4.98. The van der Waals surface area contributed by atoms with Crippen molar-refractivity contribution in [3.8, 4) is 16.9 Å². The second-order valence-electron chi connectivity index (χ2n) is 15.1. The Hall–Kier alpha value is -5.01. The third-order valence-corrected chi connectivity index (χ3v) is 7.23. The van der Waals surface area contributed by atoms with Crippen molar-refractivity contribution in [1.29, 1.82) is 0 Å². The third-order valence-electron chi connectivity index (χ3n) is 7.23. The van der Waals surface area contributed by atoms with Gasteiger partial charge in [-0.05, 0) is 106 Å². The predicted molar refractivity (Wildman–Crippen MR) is 188 cm³/mol. The lowest BCUT2D eigenvalue weighted by Crippen LogP contribution is -2.50. The SMILES string of the molecule is C[C@@H](Oc1cc(-c2ccc(N3CCN(C(=O)OC(C)(C)C)CC3)nc2)cnc1N(C(=O)OC(C)(C)C)C(=O)OC(C)(C)C)c1cc(F)ccc1F. The van der Waals surface area contributed by atoms with E-state index < -0.39 is 46.7 Å². The maximum absolute atomic E-state index is 14.8. The summed E-state index contributed by atoms with van der Waals surface area (Å²) >= 11 is 0. The maximum atomic E-state index is 14.8. The highest BCUT2D eigenvalue weighted by molar-refractivity contribution is 6.09. The molecule has 1 atom stereocenters. The van der Waals surface area contributed by atoms with Gasteiger partial charge in [0.25, 0.3) is 0 Å². The van der Waals surface area contributed by atoms with Gasteiger partial charge in [0, 0.05) is 55.3 Å². The summed E-state index contributed by atoms with van der Waals surface area (Å²) in [6, 6.07) is 8.14. The van der Waals surface area contributed by atoms with Crippen LogP contribution in [0.4, 0.5) is 34.8 Å². The van der Waals surface area contributed by atoms with E-state index >= 15 is 0 Å². The molecule has 0 unspecified atom stereocenters. The topological polar surface area (TPSA) is 124 Å². The lowest BCUT2D eigenvalue weighted by molar-refractivity contribution is 0.0239. The van der Waals surface area contributed by atoms with Crippen LogP contribution < -0.4 is 14.5 Å². The molecule has 4 rings (SSSR count). The minimum atomic E-state index is -1.09. The van der Waals surface area contributed by atoms with Crippen LogP contribution in [0.3, 0.4) is 0 Å². The molecule has 1 aliphatic rings. The van der Waals surface area contributed by atoms with Crippen LogP contribution in [0.1, 0.15) is 80.9 Å². The first-order chi connectivity index (χ1) is 23.6. The number of rotatable bonds is 6. The number of hydrogen-bond donors (Lipinski definition) is 0. The van der Waals surface area contributed by atoms with Crippen LogP contribution in [-0.2, 0) is 14.2 Å². The van der Waals surface area contributed by atoms with Crippen molar-refractivity contribution in [2.24, 2.45) is 0 Å². The second kappa shape index (κ2) is 15.1. The van der Waals surface area contributed by atoms with Crippen LogP contribution in [0.15, 0.2) is 48.8 Å². The summed E-state index contributed by atoms with van der Waals surface area (Å²) in [5.74, 6) is -1.08. The van der Waals surface area contributed by atoms with Gasteiger partial charge in [0.2, 0.25) is 0 Å². The Labute approximate surface area is 297 Å². The molecule has 3 aromatic rings. The van der Waals surface area contributed by atoms with Crippen LogP contribution >= 0.6 is 0 Å². The molecule has 1 aromatic carbocycles. The standard InChI is InChI=1S/C37H47F2N5O7/c1-23(27-20-26(38)12-13-28(27)39)48-29-19-25(22-41-31(29)44(33(46)50-36(5,6)7)34(47)51-37(8,9)10)24-11-14-30(40-21-24)42-15-17-43(18-16-42)32(45)49-35(2,3)4/h11-14,19-23H,15-18H2,1-10H3/t23-/m1/s1. The lowest BCUT2D eigenvalue weighted by atomic mass is 10.1. The molecule has 3 heterocycles. The van der Waals surface area contributed by atoms with Gasteiger partial charge in [-0.15, -0.1) is 0 Å². The molecule has 0 aliphatic carbocycles. The maximum Gasteiger partial charge on any atom is 0.425 e. The van der Waals surface area contributed by atoms with Crippen molar-refractivity contribution >= 4 is 29.9 Å². The van der Waals surface area contributed by atoms with Gasteiger partial charge in [-0.3, -0.25) is 0 Å². The number of piperazine rings is 1. The molecule has 0 bridgehead atoms. The van der Waals surface area contributed by atoms with Crippen molar-refractivity contribution in [3.05, 3.63) is 66.0 Å². The normalized spacial score (nSPS) is 14.4. The number of carbonyl (C=O) groups excluding carboxylic acids is 3. The average Bonchev–Trinajstić information content (AvgIpc) is 3.00. The number of anilines is 2. The highest BCUT2D eigenvalue weighted by Crippen LogP contribution is 2.36. The van der Waals surface area contributed by atoms with E-state index in [1.54, 1.807) is 52.6 Å². The van der Waals surface area contributed by atoms with Crippen molar-refractivity contribution in [2.45, 2.75) is 92.1 Å². The number of amides is 3. The minimum Gasteiger partial charge on any atom is -0.482 e. The van der Waals surface area contributed by atoms with Crippen molar-refractivity contribution < 1.29 is 42.1 Å². The molecule has 14 heteroatoms. The average molecular weight is 712 g/mol. The zero-order chi connectivity index (χ0) is 37.9. The van der Waals surface area contributed by atoms with Gasteiger partial charge in [-0.1, -0.05) is 0 Å². The van der Waals surface area contributed by atoms with E-state index in [1.807, 2.05) is 32.9 Å². The smallest absolute Gasteiger partial charge is 0.425 e. The fraction of sp³-hybridized carbons (Fsp3) is 0.486. The number of benzene rings is 1.